The number of carbonyl (C=O) groups excluding carboxylic acids is 1. The van der Waals surface area contributed by atoms with E-state index < -0.39 is 0 Å². The third-order valence-corrected chi connectivity index (χ3v) is 4.28. The first-order valence-electron chi connectivity index (χ1n) is 7.62. The summed E-state index contributed by atoms with van der Waals surface area (Å²) in [5, 5.41) is 0. The van der Waals surface area contributed by atoms with Crippen LogP contribution in [0, 0.1) is 5.92 Å². The van der Waals surface area contributed by atoms with E-state index in [-0.39, 0.29) is 12.0 Å². The lowest BCUT2D eigenvalue weighted by atomic mass is 10.1. The van der Waals surface area contributed by atoms with E-state index in [0.717, 1.165) is 32.5 Å². The van der Waals surface area contributed by atoms with Gasteiger partial charge in [0.05, 0.1) is 19.0 Å². The maximum absolute atomic E-state index is 12.4. The van der Waals surface area contributed by atoms with E-state index in [4.69, 9.17) is 4.74 Å². The van der Waals surface area contributed by atoms with Crippen molar-refractivity contribution in [3.8, 4) is 0 Å². The Balaban J connectivity index is 1.53. The monoisotopic (exact) mass is 277 g/mol. The van der Waals surface area contributed by atoms with E-state index in [0.29, 0.717) is 12.0 Å². The highest BCUT2D eigenvalue weighted by molar-refractivity contribution is 5.80. The molecule has 110 valence electrons. The highest BCUT2D eigenvalue weighted by Gasteiger charge is 2.29. The van der Waals surface area contributed by atoms with Gasteiger partial charge in [-0.15, -0.1) is 0 Å². The van der Waals surface area contributed by atoms with E-state index in [2.05, 4.69) is 9.55 Å². The highest BCUT2D eigenvalue weighted by Crippen LogP contribution is 2.29. The number of amides is 1. The van der Waals surface area contributed by atoms with Crippen LogP contribution in [0.3, 0.4) is 0 Å². The van der Waals surface area contributed by atoms with Crippen molar-refractivity contribution in [2.45, 2.75) is 44.8 Å². The summed E-state index contributed by atoms with van der Waals surface area (Å²) in [5.41, 5.74) is 0. The van der Waals surface area contributed by atoms with Crippen LogP contribution in [0.1, 0.15) is 38.6 Å². The second kappa shape index (κ2) is 5.95. The summed E-state index contributed by atoms with van der Waals surface area (Å²) in [6, 6.07) is 0.353. The number of carbonyl (C=O) groups is 1. The number of piperidine rings is 1. The van der Waals surface area contributed by atoms with E-state index in [1.807, 2.05) is 24.3 Å². The summed E-state index contributed by atoms with van der Waals surface area (Å²) in [6.45, 7) is 4.24. The van der Waals surface area contributed by atoms with Crippen molar-refractivity contribution in [2.75, 3.05) is 19.7 Å². The van der Waals surface area contributed by atoms with Gasteiger partial charge in [0.1, 0.15) is 6.10 Å². The molecule has 20 heavy (non-hydrogen) atoms. The van der Waals surface area contributed by atoms with Gasteiger partial charge in [0.25, 0.3) is 5.91 Å². The van der Waals surface area contributed by atoms with Crippen LogP contribution in [0.5, 0.6) is 0 Å². The molecule has 0 N–H and O–H groups in total. The van der Waals surface area contributed by atoms with Crippen LogP contribution < -0.4 is 0 Å². The van der Waals surface area contributed by atoms with Crippen LogP contribution in [0.15, 0.2) is 18.7 Å². The average molecular weight is 277 g/mol. The third kappa shape index (κ3) is 3.20. The summed E-state index contributed by atoms with van der Waals surface area (Å²) in [7, 11) is 0. The first-order valence-corrected chi connectivity index (χ1v) is 7.62. The number of rotatable bonds is 5. The first kappa shape index (κ1) is 13.6. The van der Waals surface area contributed by atoms with Gasteiger partial charge in [-0.25, -0.2) is 4.98 Å². The average Bonchev–Trinajstić information content (AvgIpc) is 3.15. The first-order chi connectivity index (χ1) is 9.74. The van der Waals surface area contributed by atoms with Crippen LogP contribution in [0.4, 0.5) is 0 Å². The van der Waals surface area contributed by atoms with E-state index in [9.17, 15) is 4.79 Å². The Bertz CT molecular complexity index is 442. The maximum Gasteiger partial charge on any atom is 0.251 e. The highest BCUT2D eigenvalue weighted by atomic mass is 16.5. The van der Waals surface area contributed by atoms with Gasteiger partial charge in [0, 0.05) is 25.5 Å². The smallest absolute Gasteiger partial charge is 0.251 e. The molecule has 1 aliphatic carbocycles. The van der Waals surface area contributed by atoms with Crippen molar-refractivity contribution in [3.05, 3.63) is 18.7 Å². The topological polar surface area (TPSA) is 47.4 Å². The molecule has 2 heterocycles. The van der Waals surface area contributed by atoms with Crippen molar-refractivity contribution < 1.29 is 9.53 Å². The largest absolute Gasteiger partial charge is 0.368 e. The molecule has 0 spiro atoms. The number of imidazole rings is 1. The maximum atomic E-state index is 12.4. The van der Waals surface area contributed by atoms with Crippen LogP contribution >= 0.6 is 0 Å². The van der Waals surface area contributed by atoms with Crippen molar-refractivity contribution in [3.63, 3.8) is 0 Å². The van der Waals surface area contributed by atoms with E-state index in [1.54, 1.807) is 6.20 Å². The standard InChI is InChI=1S/C15H23N3O2/c1-12(20-10-13-4-5-13)15(19)17-7-2-3-14(9-17)18-8-6-16-11-18/h6,8,11-14H,2-5,7,9-10H2,1H3/t12-,14+/m1/s1. The van der Waals surface area contributed by atoms with Crippen LogP contribution in [0.2, 0.25) is 0 Å². The lowest BCUT2D eigenvalue weighted by Gasteiger charge is -2.34. The Morgan fingerprint density at radius 3 is 3.00 bits per heavy atom. The molecule has 5 nitrogen and oxygen atoms in total. The SMILES string of the molecule is C[C@@H](OCC1CC1)C(=O)N1CCC[C@H](n2ccnc2)C1. The van der Waals surface area contributed by atoms with Crippen LogP contribution in [-0.2, 0) is 9.53 Å². The Kier molecular flexibility index (Phi) is 4.05. The second-order valence-corrected chi connectivity index (χ2v) is 6.01. The van der Waals surface area contributed by atoms with E-state index in [1.165, 1.54) is 12.8 Å². The molecule has 0 bridgehead atoms. The fourth-order valence-electron chi connectivity index (χ4n) is 2.78. The van der Waals surface area contributed by atoms with Crippen LogP contribution in [-0.4, -0.2) is 46.2 Å². The number of nitrogens with zero attached hydrogens (tertiary/aromatic N) is 3. The number of aromatic nitrogens is 2. The Labute approximate surface area is 119 Å². The summed E-state index contributed by atoms with van der Waals surface area (Å²) in [6.07, 6.45) is 9.97. The summed E-state index contributed by atoms with van der Waals surface area (Å²) < 4.78 is 7.80. The van der Waals surface area contributed by atoms with Gasteiger partial charge in [-0.2, -0.15) is 0 Å². The summed E-state index contributed by atoms with van der Waals surface area (Å²) in [4.78, 5) is 18.5. The molecule has 0 radical (unpaired) electrons. The van der Waals surface area contributed by atoms with Crippen LogP contribution in [0.25, 0.3) is 0 Å². The molecule has 1 aromatic rings. The van der Waals surface area contributed by atoms with Gasteiger partial charge in [0.2, 0.25) is 0 Å². The molecule has 3 rings (SSSR count). The fraction of sp³-hybridized carbons (Fsp3) is 0.733. The van der Waals surface area contributed by atoms with Crippen molar-refractivity contribution in [2.24, 2.45) is 5.92 Å². The number of likely N-dealkylation sites (tertiary alicyclic amines) is 1. The molecule has 2 atom stereocenters. The minimum absolute atomic E-state index is 0.135. The number of ether oxygens (including phenoxy) is 1. The molecule has 5 heteroatoms. The molecular formula is C15H23N3O2. The summed E-state index contributed by atoms with van der Waals surface area (Å²) in [5.74, 6) is 0.834. The predicted molar refractivity (Wildman–Crippen MR) is 75.2 cm³/mol. The molecule has 2 aliphatic rings. The number of hydrogen-bond donors (Lipinski definition) is 0. The fourth-order valence-corrected chi connectivity index (χ4v) is 2.78. The Morgan fingerprint density at radius 1 is 1.45 bits per heavy atom. The van der Waals surface area contributed by atoms with E-state index >= 15 is 0 Å². The second-order valence-electron chi connectivity index (χ2n) is 6.01. The van der Waals surface area contributed by atoms with Crippen molar-refractivity contribution in [1.29, 1.82) is 0 Å². The molecule has 0 unspecified atom stereocenters. The third-order valence-electron chi connectivity index (χ3n) is 4.28. The predicted octanol–water partition coefficient (Wildman–Crippen LogP) is 1.86. The number of hydrogen-bond acceptors (Lipinski definition) is 3. The molecule has 0 aromatic carbocycles. The molecule has 1 saturated heterocycles. The minimum atomic E-state index is -0.308. The lowest BCUT2D eigenvalue weighted by Crippen LogP contribution is -2.45. The lowest BCUT2D eigenvalue weighted by molar-refractivity contribution is -0.144. The minimum Gasteiger partial charge on any atom is -0.368 e. The zero-order chi connectivity index (χ0) is 13.9. The zero-order valence-electron chi connectivity index (χ0n) is 12.1. The normalized spacial score (nSPS) is 24.6. The molecule has 1 aliphatic heterocycles. The molecule has 1 saturated carbocycles. The van der Waals surface area contributed by atoms with Crippen molar-refractivity contribution >= 4 is 5.91 Å². The van der Waals surface area contributed by atoms with Gasteiger partial charge in [-0.1, -0.05) is 0 Å². The molecular weight excluding hydrogens is 254 g/mol. The zero-order valence-corrected chi connectivity index (χ0v) is 12.1. The van der Waals surface area contributed by atoms with Gasteiger partial charge in [-0.3, -0.25) is 4.79 Å². The Hall–Kier alpha value is -1.36. The summed E-state index contributed by atoms with van der Waals surface area (Å²) >= 11 is 0. The van der Waals surface area contributed by atoms with Gasteiger partial charge < -0.3 is 14.2 Å². The Morgan fingerprint density at radius 2 is 2.30 bits per heavy atom. The van der Waals surface area contributed by atoms with Gasteiger partial charge >= 0.3 is 0 Å². The molecule has 2 fully saturated rings. The van der Waals surface area contributed by atoms with Gasteiger partial charge in [0.15, 0.2) is 0 Å². The van der Waals surface area contributed by atoms with Gasteiger partial charge in [-0.05, 0) is 38.5 Å². The quantitative estimate of drug-likeness (QED) is 0.825. The van der Waals surface area contributed by atoms with Crippen molar-refractivity contribution in [1.82, 2.24) is 14.5 Å². The molecule has 1 amide bonds. The molecule has 1 aromatic heterocycles.